The lowest BCUT2D eigenvalue weighted by atomic mass is 10.0. The zero-order valence-corrected chi connectivity index (χ0v) is 13.6. The van der Waals surface area contributed by atoms with Crippen LogP contribution >= 0.6 is 11.6 Å². The Balaban J connectivity index is 2.01. The maximum atomic E-state index is 5.96. The predicted molar refractivity (Wildman–Crippen MR) is 83.9 cm³/mol. The van der Waals surface area contributed by atoms with Gasteiger partial charge in [-0.2, -0.15) is 5.10 Å². The topological polar surface area (TPSA) is 44.9 Å². The van der Waals surface area contributed by atoms with Crippen molar-refractivity contribution in [2.45, 2.75) is 46.2 Å². The van der Waals surface area contributed by atoms with Gasteiger partial charge in [-0.1, -0.05) is 0 Å². The summed E-state index contributed by atoms with van der Waals surface area (Å²) in [5.74, 6) is 2.23. The number of halogens is 1. The molecule has 0 amide bonds. The van der Waals surface area contributed by atoms with Crippen LogP contribution in [0, 0.1) is 12.8 Å². The standard InChI is InChI=1S/C15H23ClN4O/c1-3-20-15-14(11(2)18-20)17-13(6-7-16)19(15)9-12-5-4-8-21-10-12/h12H,3-10H2,1-2H3. The molecule has 0 saturated carbocycles. The summed E-state index contributed by atoms with van der Waals surface area (Å²) in [6.07, 6.45) is 3.17. The van der Waals surface area contributed by atoms with Gasteiger partial charge in [0.2, 0.25) is 0 Å². The monoisotopic (exact) mass is 310 g/mol. The number of alkyl halides is 1. The van der Waals surface area contributed by atoms with Gasteiger partial charge in [-0.3, -0.25) is 0 Å². The third-order valence-electron chi connectivity index (χ3n) is 4.19. The van der Waals surface area contributed by atoms with Gasteiger partial charge in [0.05, 0.1) is 12.3 Å². The van der Waals surface area contributed by atoms with Crippen molar-refractivity contribution in [3.63, 3.8) is 0 Å². The Kier molecular flexibility index (Phi) is 4.50. The highest BCUT2D eigenvalue weighted by molar-refractivity contribution is 6.17. The molecule has 1 unspecified atom stereocenters. The average Bonchev–Trinajstić information content (AvgIpc) is 3.00. The third kappa shape index (κ3) is 2.81. The normalized spacial score (nSPS) is 19.5. The summed E-state index contributed by atoms with van der Waals surface area (Å²) in [7, 11) is 0. The van der Waals surface area contributed by atoms with Crippen LogP contribution in [0.1, 0.15) is 31.3 Å². The zero-order valence-electron chi connectivity index (χ0n) is 12.8. The van der Waals surface area contributed by atoms with Crippen LogP contribution in [0.4, 0.5) is 0 Å². The minimum absolute atomic E-state index is 0.561. The Morgan fingerprint density at radius 1 is 1.43 bits per heavy atom. The van der Waals surface area contributed by atoms with Crippen LogP contribution in [0.15, 0.2) is 0 Å². The predicted octanol–water partition coefficient (Wildman–Crippen LogP) is 2.77. The van der Waals surface area contributed by atoms with Crippen LogP contribution in [0.25, 0.3) is 11.2 Å². The van der Waals surface area contributed by atoms with E-state index in [0.717, 1.165) is 61.8 Å². The van der Waals surface area contributed by atoms with E-state index in [9.17, 15) is 0 Å². The van der Waals surface area contributed by atoms with Crippen LogP contribution in [0.3, 0.4) is 0 Å². The Labute approximate surface area is 130 Å². The Morgan fingerprint density at radius 2 is 2.29 bits per heavy atom. The number of hydrogen-bond donors (Lipinski definition) is 0. The number of ether oxygens (including phenoxy) is 1. The molecule has 0 bridgehead atoms. The quantitative estimate of drug-likeness (QED) is 0.798. The third-order valence-corrected chi connectivity index (χ3v) is 4.38. The van der Waals surface area contributed by atoms with E-state index in [1.165, 1.54) is 6.42 Å². The second-order valence-corrected chi connectivity index (χ2v) is 6.11. The molecule has 5 nitrogen and oxygen atoms in total. The summed E-state index contributed by atoms with van der Waals surface area (Å²) in [6, 6.07) is 0. The van der Waals surface area contributed by atoms with Gasteiger partial charge in [-0.25, -0.2) is 9.67 Å². The number of imidazole rings is 1. The maximum Gasteiger partial charge on any atom is 0.158 e. The minimum Gasteiger partial charge on any atom is -0.381 e. The highest BCUT2D eigenvalue weighted by Gasteiger charge is 2.22. The number of hydrogen-bond acceptors (Lipinski definition) is 3. The van der Waals surface area contributed by atoms with E-state index >= 15 is 0 Å². The highest BCUT2D eigenvalue weighted by Crippen LogP contribution is 2.24. The molecule has 0 spiro atoms. The molecule has 0 aromatic carbocycles. The number of aromatic nitrogens is 4. The van der Waals surface area contributed by atoms with Gasteiger partial charge >= 0.3 is 0 Å². The number of nitrogens with zero attached hydrogens (tertiary/aromatic N) is 4. The van der Waals surface area contributed by atoms with Crippen molar-refractivity contribution < 1.29 is 4.74 Å². The number of rotatable bonds is 5. The van der Waals surface area contributed by atoms with Crippen LogP contribution in [-0.2, 0) is 24.2 Å². The fraction of sp³-hybridized carbons (Fsp3) is 0.733. The van der Waals surface area contributed by atoms with Crippen molar-refractivity contribution in [3.8, 4) is 0 Å². The molecule has 21 heavy (non-hydrogen) atoms. The average molecular weight is 311 g/mol. The lowest BCUT2D eigenvalue weighted by Gasteiger charge is -2.23. The number of fused-ring (bicyclic) bond motifs is 1. The summed E-state index contributed by atoms with van der Waals surface area (Å²) in [6.45, 7) is 7.70. The highest BCUT2D eigenvalue weighted by atomic mass is 35.5. The van der Waals surface area contributed by atoms with E-state index in [1.807, 2.05) is 6.92 Å². The molecule has 1 saturated heterocycles. The van der Waals surface area contributed by atoms with E-state index in [1.54, 1.807) is 0 Å². The number of aryl methyl sites for hydroxylation is 3. The van der Waals surface area contributed by atoms with Crippen LogP contribution < -0.4 is 0 Å². The second-order valence-electron chi connectivity index (χ2n) is 5.73. The first-order chi connectivity index (χ1) is 10.2. The summed E-state index contributed by atoms with van der Waals surface area (Å²) in [5, 5.41) is 4.59. The van der Waals surface area contributed by atoms with Gasteiger partial charge in [-0.15, -0.1) is 11.6 Å². The maximum absolute atomic E-state index is 5.96. The molecule has 3 heterocycles. The van der Waals surface area contributed by atoms with Crippen molar-refractivity contribution in [1.82, 2.24) is 19.3 Å². The molecule has 2 aromatic heterocycles. The summed E-state index contributed by atoms with van der Waals surface area (Å²) in [5.41, 5.74) is 3.16. The van der Waals surface area contributed by atoms with Crippen molar-refractivity contribution in [3.05, 3.63) is 11.5 Å². The largest absolute Gasteiger partial charge is 0.381 e. The Bertz CT molecular complexity index is 613. The van der Waals surface area contributed by atoms with Crippen LogP contribution in [0.2, 0.25) is 0 Å². The molecule has 0 aliphatic carbocycles. The molecule has 1 atom stereocenters. The fourth-order valence-corrected chi connectivity index (χ4v) is 3.34. The van der Waals surface area contributed by atoms with Gasteiger partial charge < -0.3 is 9.30 Å². The van der Waals surface area contributed by atoms with Gasteiger partial charge in [0.1, 0.15) is 11.3 Å². The zero-order chi connectivity index (χ0) is 14.8. The molecular weight excluding hydrogens is 288 g/mol. The molecule has 2 aromatic rings. The molecular formula is C15H23ClN4O. The van der Waals surface area contributed by atoms with E-state index in [-0.39, 0.29) is 0 Å². The molecule has 0 radical (unpaired) electrons. The summed E-state index contributed by atoms with van der Waals surface area (Å²) < 4.78 is 10.00. The smallest absolute Gasteiger partial charge is 0.158 e. The second kappa shape index (κ2) is 6.36. The van der Waals surface area contributed by atoms with Crippen LogP contribution in [-0.4, -0.2) is 38.4 Å². The molecule has 116 valence electrons. The van der Waals surface area contributed by atoms with E-state index < -0.39 is 0 Å². The first kappa shape index (κ1) is 14.9. The first-order valence-electron chi connectivity index (χ1n) is 7.80. The lowest BCUT2D eigenvalue weighted by Crippen LogP contribution is -2.23. The Morgan fingerprint density at radius 3 is 2.95 bits per heavy atom. The van der Waals surface area contributed by atoms with E-state index in [2.05, 4.69) is 21.3 Å². The van der Waals surface area contributed by atoms with Gasteiger partial charge in [-0.05, 0) is 26.7 Å². The van der Waals surface area contributed by atoms with Crippen molar-refractivity contribution in [1.29, 1.82) is 0 Å². The molecule has 1 aliphatic rings. The Hall–Kier alpha value is -1.07. The van der Waals surface area contributed by atoms with Crippen molar-refractivity contribution in [2.24, 2.45) is 5.92 Å². The molecule has 1 fully saturated rings. The summed E-state index contributed by atoms with van der Waals surface area (Å²) >= 11 is 5.96. The van der Waals surface area contributed by atoms with Gasteiger partial charge in [0.15, 0.2) is 5.65 Å². The van der Waals surface area contributed by atoms with Crippen molar-refractivity contribution in [2.75, 3.05) is 19.1 Å². The van der Waals surface area contributed by atoms with Gasteiger partial charge in [0.25, 0.3) is 0 Å². The lowest BCUT2D eigenvalue weighted by molar-refractivity contribution is 0.0484. The van der Waals surface area contributed by atoms with Crippen molar-refractivity contribution >= 4 is 22.8 Å². The fourth-order valence-electron chi connectivity index (χ4n) is 3.17. The first-order valence-corrected chi connectivity index (χ1v) is 8.34. The van der Waals surface area contributed by atoms with E-state index in [4.69, 9.17) is 21.3 Å². The van der Waals surface area contributed by atoms with Gasteiger partial charge in [0, 0.05) is 37.9 Å². The SMILES string of the molecule is CCn1nc(C)c2nc(CCCl)n(CC3CCCOC3)c21. The molecule has 0 N–H and O–H groups in total. The summed E-state index contributed by atoms with van der Waals surface area (Å²) in [4.78, 5) is 4.79. The van der Waals surface area contributed by atoms with E-state index in [0.29, 0.717) is 11.8 Å². The van der Waals surface area contributed by atoms with Crippen LogP contribution in [0.5, 0.6) is 0 Å². The molecule has 1 aliphatic heterocycles. The molecule has 6 heteroatoms. The molecule has 3 rings (SSSR count). The minimum atomic E-state index is 0.561.